The van der Waals surface area contributed by atoms with E-state index < -0.39 is 0 Å². The van der Waals surface area contributed by atoms with Gasteiger partial charge in [-0.1, -0.05) is 61.9 Å². The predicted octanol–water partition coefficient (Wildman–Crippen LogP) is 5.79. The molecule has 39 heavy (non-hydrogen) atoms. The van der Waals surface area contributed by atoms with E-state index in [1.54, 1.807) is 6.92 Å². The maximum Gasteiger partial charge on any atom is 0.223 e. The fourth-order valence-corrected chi connectivity index (χ4v) is 6.85. The van der Waals surface area contributed by atoms with E-state index in [-0.39, 0.29) is 29.8 Å². The molecule has 3 heterocycles. The van der Waals surface area contributed by atoms with Crippen LogP contribution >= 0.6 is 11.6 Å². The molecule has 2 unspecified atom stereocenters. The number of allylic oxidation sites excluding steroid dienone is 3. The summed E-state index contributed by atoms with van der Waals surface area (Å²) in [7, 11) is 0. The third-order valence-corrected chi connectivity index (χ3v) is 9.21. The number of pyridine rings is 1. The number of halogens is 1. The normalized spacial score (nSPS) is 23.8. The van der Waals surface area contributed by atoms with Gasteiger partial charge in [-0.15, -0.1) is 0 Å². The van der Waals surface area contributed by atoms with Crippen LogP contribution in [-0.2, 0) is 9.59 Å². The Balaban J connectivity index is 1.36. The second-order valence-electron chi connectivity index (χ2n) is 11.8. The minimum absolute atomic E-state index is 0.136. The van der Waals surface area contributed by atoms with Gasteiger partial charge < -0.3 is 9.80 Å². The van der Waals surface area contributed by atoms with Gasteiger partial charge in [0.2, 0.25) is 11.8 Å². The average Bonchev–Trinajstić information content (AvgIpc) is 2.94. The maximum absolute atomic E-state index is 13.6. The Labute approximate surface area is 237 Å². The molecule has 1 aromatic heterocycles. The lowest BCUT2D eigenvalue weighted by Crippen LogP contribution is -2.58. The second-order valence-corrected chi connectivity index (χ2v) is 12.2. The van der Waals surface area contributed by atoms with Crippen LogP contribution in [0.4, 0.5) is 0 Å². The summed E-state index contributed by atoms with van der Waals surface area (Å²) in [5, 5.41) is 1.95. The molecule has 1 aliphatic carbocycles. The number of nitrogens with zero attached hydrogens (tertiary/aromatic N) is 4. The molecule has 2 fully saturated rings. The number of piperazine rings is 1. The fourth-order valence-electron chi connectivity index (χ4n) is 6.69. The fraction of sp³-hybridized carbons (Fsp3) is 0.531. The summed E-state index contributed by atoms with van der Waals surface area (Å²) >= 11 is 6.32. The molecule has 1 aromatic carbocycles. The molecule has 2 saturated heterocycles. The summed E-state index contributed by atoms with van der Waals surface area (Å²) < 4.78 is 0. The quantitative estimate of drug-likeness (QED) is 0.458. The Hall–Kier alpha value is -2.70. The van der Waals surface area contributed by atoms with Gasteiger partial charge in [-0.25, -0.2) is 0 Å². The highest BCUT2D eigenvalue weighted by atomic mass is 35.5. The summed E-state index contributed by atoms with van der Waals surface area (Å²) in [6.45, 7) is 10.0. The van der Waals surface area contributed by atoms with E-state index in [2.05, 4.69) is 60.1 Å². The van der Waals surface area contributed by atoms with Crippen molar-refractivity contribution in [2.45, 2.75) is 58.5 Å². The summed E-state index contributed by atoms with van der Waals surface area (Å²) in [5.41, 5.74) is 2.30. The van der Waals surface area contributed by atoms with Crippen molar-refractivity contribution in [2.75, 3.05) is 32.7 Å². The van der Waals surface area contributed by atoms with Gasteiger partial charge in [0.05, 0.1) is 5.52 Å². The first-order chi connectivity index (χ1) is 18.8. The number of piperidine rings is 1. The Kier molecular flexibility index (Phi) is 8.73. The van der Waals surface area contributed by atoms with E-state index in [0.717, 1.165) is 67.9 Å². The highest BCUT2D eigenvalue weighted by Gasteiger charge is 2.39. The maximum atomic E-state index is 13.6. The molecule has 2 amide bonds. The number of rotatable bonds is 6. The lowest BCUT2D eigenvalue weighted by Gasteiger charge is -2.48. The average molecular weight is 549 g/mol. The number of carbonyl (C=O) groups excluding carboxylic acids is 2. The van der Waals surface area contributed by atoms with E-state index in [4.69, 9.17) is 16.6 Å². The molecule has 3 atom stereocenters. The zero-order valence-corrected chi connectivity index (χ0v) is 24.2. The summed E-state index contributed by atoms with van der Waals surface area (Å²) in [4.78, 5) is 36.8. The smallest absolute Gasteiger partial charge is 0.223 e. The Morgan fingerprint density at radius 3 is 2.54 bits per heavy atom. The molecular formula is C32H41ClN4O2. The van der Waals surface area contributed by atoms with Gasteiger partial charge in [0.25, 0.3) is 0 Å². The van der Waals surface area contributed by atoms with Gasteiger partial charge in [0, 0.05) is 80.7 Å². The number of fused-ring (bicyclic) bond motifs is 1. The molecule has 0 N–H and O–H groups in total. The first-order valence-corrected chi connectivity index (χ1v) is 14.9. The van der Waals surface area contributed by atoms with E-state index in [0.29, 0.717) is 18.3 Å². The van der Waals surface area contributed by atoms with Crippen LogP contribution in [-0.4, -0.2) is 70.3 Å². The van der Waals surface area contributed by atoms with Crippen LogP contribution in [0, 0.1) is 17.8 Å². The SMILES string of the molecule is CC(=O)N1CCC(CC(=O)N2CCN(C(c3cccc4cccnc34)C3C=CC(Cl)=CC3)C[C@@H]2C(C)C)CC1. The number of aromatic nitrogens is 1. The summed E-state index contributed by atoms with van der Waals surface area (Å²) in [6, 6.07) is 10.9. The van der Waals surface area contributed by atoms with Gasteiger partial charge in [-0.3, -0.25) is 19.5 Å². The number of hydrogen-bond acceptors (Lipinski definition) is 4. The molecule has 3 aliphatic rings. The third-order valence-electron chi connectivity index (χ3n) is 8.93. The monoisotopic (exact) mass is 548 g/mol. The van der Waals surface area contributed by atoms with Crippen molar-refractivity contribution in [1.82, 2.24) is 19.7 Å². The summed E-state index contributed by atoms with van der Waals surface area (Å²) in [6.07, 6.45) is 11.6. The van der Waals surface area contributed by atoms with Gasteiger partial charge in [0.15, 0.2) is 0 Å². The van der Waals surface area contributed by atoms with Crippen molar-refractivity contribution in [3.8, 4) is 0 Å². The molecule has 0 spiro atoms. The number of carbonyl (C=O) groups is 2. The van der Waals surface area contributed by atoms with Crippen molar-refractivity contribution in [3.05, 3.63) is 65.4 Å². The molecule has 0 bridgehead atoms. The van der Waals surface area contributed by atoms with Crippen LogP contribution in [0.2, 0.25) is 0 Å². The zero-order chi connectivity index (χ0) is 27.5. The van der Waals surface area contributed by atoms with Crippen molar-refractivity contribution < 1.29 is 9.59 Å². The van der Waals surface area contributed by atoms with E-state index in [9.17, 15) is 9.59 Å². The first kappa shape index (κ1) is 27.9. The van der Waals surface area contributed by atoms with Crippen molar-refractivity contribution >= 4 is 34.3 Å². The highest BCUT2D eigenvalue weighted by Crippen LogP contribution is 2.39. The lowest BCUT2D eigenvalue weighted by atomic mass is 9.84. The van der Waals surface area contributed by atoms with Gasteiger partial charge in [0.1, 0.15) is 0 Å². The topological polar surface area (TPSA) is 56.8 Å². The Morgan fingerprint density at radius 1 is 1.08 bits per heavy atom. The number of benzene rings is 1. The number of hydrogen-bond donors (Lipinski definition) is 0. The first-order valence-electron chi connectivity index (χ1n) is 14.5. The van der Waals surface area contributed by atoms with Gasteiger partial charge in [-0.05, 0) is 48.8 Å². The number of likely N-dealkylation sites (tertiary alicyclic amines) is 1. The van der Waals surface area contributed by atoms with Crippen LogP contribution in [0.3, 0.4) is 0 Å². The highest BCUT2D eigenvalue weighted by molar-refractivity contribution is 6.31. The van der Waals surface area contributed by atoms with Crippen molar-refractivity contribution in [3.63, 3.8) is 0 Å². The van der Waals surface area contributed by atoms with Crippen LogP contribution < -0.4 is 0 Å². The molecule has 5 rings (SSSR count). The molecule has 208 valence electrons. The number of amides is 2. The van der Waals surface area contributed by atoms with Gasteiger partial charge >= 0.3 is 0 Å². The molecule has 0 radical (unpaired) electrons. The van der Waals surface area contributed by atoms with E-state index in [1.165, 1.54) is 5.56 Å². The standard InChI is InChI=1S/C32H41ClN4O2/c1-22(2)29-21-36(18-19-37(29)30(39)20-24-13-16-35(17-14-24)23(3)38)32(26-9-11-27(33)12-10-26)28-8-4-6-25-7-5-15-34-31(25)28/h4-9,11-12,15,22,24,26,29,32H,10,13-14,16-21H2,1-3H3/t26?,29-,32?/m1/s1. The largest absolute Gasteiger partial charge is 0.343 e. The van der Waals surface area contributed by atoms with Crippen LogP contribution in [0.1, 0.15) is 58.1 Å². The predicted molar refractivity (Wildman–Crippen MR) is 157 cm³/mol. The number of para-hydroxylation sites is 1. The molecule has 7 heteroatoms. The van der Waals surface area contributed by atoms with Crippen LogP contribution in [0.5, 0.6) is 0 Å². The molecule has 6 nitrogen and oxygen atoms in total. The Morgan fingerprint density at radius 2 is 1.85 bits per heavy atom. The molecule has 0 saturated carbocycles. The van der Waals surface area contributed by atoms with Gasteiger partial charge in [-0.2, -0.15) is 0 Å². The van der Waals surface area contributed by atoms with Crippen molar-refractivity contribution in [1.29, 1.82) is 0 Å². The summed E-state index contributed by atoms with van der Waals surface area (Å²) in [5.74, 6) is 1.39. The minimum atomic E-state index is 0.136. The van der Waals surface area contributed by atoms with E-state index in [1.807, 2.05) is 23.2 Å². The van der Waals surface area contributed by atoms with Crippen LogP contribution in [0.15, 0.2) is 59.8 Å². The van der Waals surface area contributed by atoms with Crippen molar-refractivity contribution in [2.24, 2.45) is 17.8 Å². The lowest BCUT2D eigenvalue weighted by molar-refractivity contribution is -0.140. The molecule has 2 aliphatic heterocycles. The Bertz CT molecular complexity index is 1240. The van der Waals surface area contributed by atoms with Crippen LogP contribution in [0.25, 0.3) is 10.9 Å². The van der Waals surface area contributed by atoms with E-state index >= 15 is 0 Å². The third kappa shape index (κ3) is 6.22. The molecule has 2 aromatic rings. The zero-order valence-electron chi connectivity index (χ0n) is 23.4. The minimum Gasteiger partial charge on any atom is -0.343 e. The second kappa shape index (κ2) is 12.2. The molecular weight excluding hydrogens is 508 g/mol.